The van der Waals surface area contributed by atoms with Gasteiger partial charge in [-0.1, -0.05) is 11.6 Å². The first-order chi connectivity index (χ1) is 14.9. The van der Waals surface area contributed by atoms with Crippen LogP contribution in [0.25, 0.3) is 11.3 Å². The van der Waals surface area contributed by atoms with Gasteiger partial charge in [-0.25, -0.2) is 13.2 Å². The van der Waals surface area contributed by atoms with Crippen LogP contribution in [0, 0.1) is 5.82 Å². The molecule has 0 aliphatic rings. The van der Waals surface area contributed by atoms with Gasteiger partial charge < -0.3 is 19.5 Å². The van der Waals surface area contributed by atoms with Crippen LogP contribution in [-0.4, -0.2) is 37.4 Å². The van der Waals surface area contributed by atoms with E-state index in [0.29, 0.717) is 16.5 Å². The SMILES string of the molecule is COc1ccc(CNc2cc(-c3cc(Cl)ccc3F)nnc2OCC(F)F)c(OC)c1. The number of anilines is 1. The Bertz CT molecular complexity index is 1050. The van der Waals surface area contributed by atoms with Crippen molar-refractivity contribution in [3.05, 3.63) is 58.9 Å². The third-order valence-electron chi connectivity index (χ3n) is 4.27. The van der Waals surface area contributed by atoms with Crippen LogP contribution in [0.1, 0.15) is 5.56 Å². The van der Waals surface area contributed by atoms with Gasteiger partial charge in [-0.15, -0.1) is 10.2 Å². The van der Waals surface area contributed by atoms with Gasteiger partial charge in [-0.2, -0.15) is 0 Å². The third-order valence-corrected chi connectivity index (χ3v) is 4.51. The summed E-state index contributed by atoms with van der Waals surface area (Å²) in [6.45, 7) is -0.624. The number of hydrogen-bond acceptors (Lipinski definition) is 6. The van der Waals surface area contributed by atoms with Gasteiger partial charge in [0.1, 0.15) is 23.0 Å². The van der Waals surface area contributed by atoms with Crippen LogP contribution in [0.2, 0.25) is 5.02 Å². The summed E-state index contributed by atoms with van der Waals surface area (Å²) in [7, 11) is 3.06. The van der Waals surface area contributed by atoms with E-state index in [4.69, 9.17) is 25.8 Å². The van der Waals surface area contributed by atoms with E-state index < -0.39 is 18.8 Å². The number of methoxy groups -OCH3 is 2. The van der Waals surface area contributed by atoms with E-state index in [9.17, 15) is 13.2 Å². The van der Waals surface area contributed by atoms with Gasteiger partial charge in [-0.05, 0) is 36.4 Å². The molecule has 0 aliphatic carbocycles. The summed E-state index contributed by atoms with van der Waals surface area (Å²) >= 11 is 5.96. The fraction of sp³-hybridized carbons (Fsp3) is 0.238. The summed E-state index contributed by atoms with van der Waals surface area (Å²) in [6.07, 6.45) is -2.69. The number of nitrogens with one attached hydrogen (secondary N) is 1. The maximum absolute atomic E-state index is 14.3. The standard InChI is InChI=1S/C21H19ClF3N3O3/c1-29-14-5-3-12(19(8-14)30-2)10-26-18-9-17(15-7-13(22)4-6-16(15)23)27-28-21(18)31-11-20(24)25/h3-9,20H,10-11H2,1-2H3,(H,26,27). The second-order valence-electron chi connectivity index (χ2n) is 6.31. The van der Waals surface area contributed by atoms with E-state index in [1.165, 1.54) is 31.4 Å². The van der Waals surface area contributed by atoms with Crippen molar-refractivity contribution >= 4 is 17.3 Å². The van der Waals surface area contributed by atoms with Crippen molar-refractivity contribution in [2.24, 2.45) is 0 Å². The van der Waals surface area contributed by atoms with Gasteiger partial charge >= 0.3 is 0 Å². The zero-order chi connectivity index (χ0) is 22.4. The van der Waals surface area contributed by atoms with Gasteiger partial charge in [0.25, 0.3) is 12.3 Å². The quantitative estimate of drug-likeness (QED) is 0.480. The molecular formula is C21H19ClF3N3O3. The molecule has 31 heavy (non-hydrogen) atoms. The smallest absolute Gasteiger partial charge is 0.272 e. The van der Waals surface area contributed by atoms with Gasteiger partial charge in [0.15, 0.2) is 6.61 Å². The van der Waals surface area contributed by atoms with Crippen molar-refractivity contribution in [3.8, 4) is 28.6 Å². The number of rotatable bonds is 9. The zero-order valence-electron chi connectivity index (χ0n) is 16.7. The molecule has 3 aromatic rings. The van der Waals surface area contributed by atoms with E-state index >= 15 is 0 Å². The van der Waals surface area contributed by atoms with Gasteiger partial charge in [0, 0.05) is 28.8 Å². The third kappa shape index (κ3) is 5.69. The van der Waals surface area contributed by atoms with Crippen LogP contribution in [0.15, 0.2) is 42.5 Å². The lowest BCUT2D eigenvalue weighted by atomic mass is 10.1. The highest BCUT2D eigenvalue weighted by atomic mass is 35.5. The van der Waals surface area contributed by atoms with E-state index in [-0.39, 0.29) is 29.4 Å². The lowest BCUT2D eigenvalue weighted by Crippen LogP contribution is -2.12. The maximum Gasteiger partial charge on any atom is 0.272 e. The molecule has 0 fully saturated rings. The van der Waals surface area contributed by atoms with Crippen LogP contribution in [0.3, 0.4) is 0 Å². The average molecular weight is 454 g/mol. The number of halogens is 4. The number of nitrogens with zero attached hydrogens (tertiary/aromatic N) is 2. The Kier molecular flexibility index (Phi) is 7.41. The number of aromatic nitrogens is 2. The fourth-order valence-corrected chi connectivity index (χ4v) is 2.94. The molecule has 0 aliphatic heterocycles. The summed E-state index contributed by atoms with van der Waals surface area (Å²) in [4.78, 5) is 0. The van der Waals surface area contributed by atoms with E-state index in [1.54, 1.807) is 25.3 Å². The summed E-state index contributed by atoms with van der Waals surface area (Å²) in [5, 5.41) is 11.1. The average Bonchev–Trinajstić information content (AvgIpc) is 2.77. The molecule has 0 unspecified atom stereocenters. The highest BCUT2D eigenvalue weighted by molar-refractivity contribution is 6.30. The molecule has 1 N–H and O–H groups in total. The molecule has 1 aromatic heterocycles. The molecule has 0 saturated carbocycles. The largest absolute Gasteiger partial charge is 0.497 e. The molecule has 0 spiro atoms. The summed E-state index contributed by atoms with van der Waals surface area (Å²) in [6, 6.07) is 10.7. The normalized spacial score (nSPS) is 10.8. The molecule has 1 heterocycles. The second-order valence-corrected chi connectivity index (χ2v) is 6.74. The first-order valence-corrected chi connectivity index (χ1v) is 9.48. The maximum atomic E-state index is 14.3. The number of alkyl halides is 2. The number of hydrogen-bond donors (Lipinski definition) is 1. The van der Waals surface area contributed by atoms with Crippen LogP contribution in [0.5, 0.6) is 17.4 Å². The summed E-state index contributed by atoms with van der Waals surface area (Å²) in [5.41, 5.74) is 1.29. The Morgan fingerprint density at radius 3 is 2.55 bits per heavy atom. The lowest BCUT2D eigenvalue weighted by Gasteiger charge is -2.15. The first-order valence-electron chi connectivity index (χ1n) is 9.10. The van der Waals surface area contributed by atoms with E-state index in [1.807, 2.05) is 0 Å². The van der Waals surface area contributed by atoms with Crippen molar-refractivity contribution in [2.45, 2.75) is 13.0 Å². The number of ether oxygens (including phenoxy) is 3. The van der Waals surface area contributed by atoms with Crippen molar-refractivity contribution in [2.75, 3.05) is 26.1 Å². The minimum atomic E-state index is -2.69. The van der Waals surface area contributed by atoms with Gasteiger partial charge in [0.05, 0.1) is 19.9 Å². The Hall–Kier alpha value is -3.20. The van der Waals surface area contributed by atoms with Crippen LogP contribution >= 0.6 is 11.6 Å². The van der Waals surface area contributed by atoms with Crippen molar-refractivity contribution < 1.29 is 27.4 Å². The molecule has 164 valence electrons. The van der Waals surface area contributed by atoms with Crippen molar-refractivity contribution in [3.63, 3.8) is 0 Å². The topological polar surface area (TPSA) is 65.5 Å². The summed E-state index contributed by atoms with van der Waals surface area (Å²) < 4.78 is 55.1. The molecule has 0 amide bonds. The van der Waals surface area contributed by atoms with Crippen LogP contribution in [-0.2, 0) is 6.54 Å². The molecule has 0 radical (unpaired) electrons. The van der Waals surface area contributed by atoms with E-state index in [0.717, 1.165) is 5.56 Å². The highest BCUT2D eigenvalue weighted by Gasteiger charge is 2.16. The van der Waals surface area contributed by atoms with Crippen LogP contribution < -0.4 is 19.5 Å². The Morgan fingerprint density at radius 1 is 1.03 bits per heavy atom. The second kappa shape index (κ2) is 10.2. The van der Waals surface area contributed by atoms with Crippen molar-refractivity contribution in [1.29, 1.82) is 0 Å². The molecule has 0 bridgehead atoms. The highest BCUT2D eigenvalue weighted by Crippen LogP contribution is 2.31. The molecule has 6 nitrogen and oxygen atoms in total. The fourth-order valence-electron chi connectivity index (χ4n) is 2.77. The number of benzene rings is 2. The van der Waals surface area contributed by atoms with Crippen LogP contribution in [0.4, 0.5) is 18.9 Å². The molecular weight excluding hydrogens is 435 g/mol. The van der Waals surface area contributed by atoms with E-state index in [2.05, 4.69) is 15.5 Å². The predicted octanol–water partition coefficient (Wildman–Crippen LogP) is 5.21. The lowest BCUT2D eigenvalue weighted by molar-refractivity contribution is 0.0795. The molecule has 0 atom stereocenters. The Labute approximate surface area is 181 Å². The molecule has 10 heteroatoms. The zero-order valence-corrected chi connectivity index (χ0v) is 17.4. The minimum Gasteiger partial charge on any atom is -0.497 e. The monoisotopic (exact) mass is 453 g/mol. The molecule has 2 aromatic carbocycles. The minimum absolute atomic E-state index is 0.116. The van der Waals surface area contributed by atoms with Crippen molar-refractivity contribution in [1.82, 2.24) is 10.2 Å². The predicted molar refractivity (Wildman–Crippen MR) is 111 cm³/mol. The van der Waals surface area contributed by atoms with Gasteiger partial charge in [-0.3, -0.25) is 0 Å². The van der Waals surface area contributed by atoms with Gasteiger partial charge in [0.2, 0.25) is 0 Å². The molecule has 0 saturated heterocycles. The summed E-state index contributed by atoms with van der Waals surface area (Å²) in [5.74, 6) is 0.484. The Morgan fingerprint density at radius 2 is 1.84 bits per heavy atom. The molecule has 3 rings (SSSR count). The Balaban J connectivity index is 1.93. The first kappa shape index (κ1) is 22.5.